The van der Waals surface area contributed by atoms with E-state index in [1.54, 1.807) is 25.3 Å². The monoisotopic (exact) mass is 450 g/mol. The third kappa shape index (κ3) is 4.26. The van der Waals surface area contributed by atoms with Gasteiger partial charge in [0, 0.05) is 55.9 Å². The van der Waals surface area contributed by atoms with Crippen LogP contribution in [0.1, 0.15) is 31.0 Å². The summed E-state index contributed by atoms with van der Waals surface area (Å²) in [6, 6.07) is 3.34. The summed E-state index contributed by atoms with van der Waals surface area (Å²) in [6.45, 7) is 6.33. The molecule has 1 fully saturated rings. The first-order valence-corrected chi connectivity index (χ1v) is 11.0. The van der Waals surface area contributed by atoms with Crippen molar-refractivity contribution in [2.75, 3.05) is 31.1 Å². The van der Waals surface area contributed by atoms with Crippen LogP contribution in [-0.2, 0) is 9.53 Å². The fourth-order valence-electron chi connectivity index (χ4n) is 3.88. The second kappa shape index (κ2) is 8.14. The number of hydrogen-bond donors (Lipinski definition) is 1. The van der Waals surface area contributed by atoms with Gasteiger partial charge in [-0.15, -0.1) is 0 Å². The highest BCUT2D eigenvalue weighted by Crippen LogP contribution is 2.44. The number of hydrogen-bond acceptors (Lipinski definition) is 6. The molecule has 4 heterocycles. The normalized spacial score (nSPS) is 22.7. The van der Waals surface area contributed by atoms with Gasteiger partial charge in [0.15, 0.2) is 0 Å². The number of amides is 1. The number of piperidine rings is 1. The predicted octanol–water partition coefficient (Wildman–Crippen LogP) is 2.95. The molecule has 0 aliphatic carbocycles. The summed E-state index contributed by atoms with van der Waals surface area (Å²) >= 11 is 1.37. The van der Waals surface area contributed by atoms with E-state index in [9.17, 15) is 18.4 Å². The Kier molecular flexibility index (Phi) is 5.67. The molecule has 0 spiro atoms. The molecule has 3 aliphatic heterocycles. The Hall–Kier alpha value is -2.62. The largest absolute Gasteiger partial charge is 0.493 e. The van der Waals surface area contributed by atoms with E-state index in [1.165, 1.54) is 21.2 Å². The number of halogens is 2. The van der Waals surface area contributed by atoms with Gasteiger partial charge in [-0.2, -0.15) is 0 Å². The van der Waals surface area contributed by atoms with Gasteiger partial charge in [0.1, 0.15) is 22.9 Å². The van der Waals surface area contributed by atoms with Crippen LogP contribution in [0.5, 0.6) is 0 Å². The summed E-state index contributed by atoms with van der Waals surface area (Å²) in [7, 11) is 0. The highest BCUT2D eigenvalue weighted by Gasteiger charge is 2.42. The number of anilines is 1. The summed E-state index contributed by atoms with van der Waals surface area (Å²) in [4.78, 5) is 28.6. The lowest BCUT2D eigenvalue weighted by molar-refractivity contribution is -0.136. The Bertz CT molecular complexity index is 1030. The molecule has 1 aromatic heterocycles. The molecule has 0 bridgehead atoms. The van der Waals surface area contributed by atoms with Crippen LogP contribution in [0.15, 0.2) is 41.3 Å². The Morgan fingerprint density at radius 1 is 1.29 bits per heavy atom. The number of rotatable bonds is 3. The highest BCUT2D eigenvalue weighted by molar-refractivity contribution is 8.04. The van der Waals surface area contributed by atoms with Gasteiger partial charge < -0.3 is 14.5 Å². The molecule has 1 aromatic rings. The molecule has 1 N–H and O–H groups in total. The maximum absolute atomic E-state index is 13.4. The second-order valence-electron chi connectivity index (χ2n) is 7.95. The molecule has 0 aromatic carbocycles. The van der Waals surface area contributed by atoms with Crippen molar-refractivity contribution >= 4 is 29.3 Å². The van der Waals surface area contributed by atoms with Gasteiger partial charge in [0.2, 0.25) is 5.91 Å². The number of ether oxygens (including phenoxy) is 1. The van der Waals surface area contributed by atoms with Gasteiger partial charge in [-0.25, -0.2) is 8.78 Å². The molecule has 166 valence electrons. The number of aromatic nitrogens is 1. The van der Waals surface area contributed by atoms with E-state index >= 15 is 0 Å². The maximum Gasteiger partial charge on any atom is 0.258 e. The molecule has 3 aliphatic rings. The van der Waals surface area contributed by atoms with Gasteiger partial charge in [0.05, 0.1) is 11.8 Å². The molecule has 10 heteroatoms. The summed E-state index contributed by atoms with van der Waals surface area (Å²) in [6.07, 6.45) is 1.35. The lowest BCUT2D eigenvalue weighted by Gasteiger charge is -2.33. The van der Waals surface area contributed by atoms with E-state index in [4.69, 9.17) is 10.1 Å². The minimum Gasteiger partial charge on any atom is -0.493 e. The fourth-order valence-corrected chi connectivity index (χ4v) is 5.23. The zero-order valence-electron chi connectivity index (χ0n) is 17.2. The first-order chi connectivity index (χ1) is 14.7. The lowest BCUT2D eigenvalue weighted by Crippen LogP contribution is -2.45. The zero-order valence-corrected chi connectivity index (χ0v) is 18.0. The van der Waals surface area contributed by atoms with Crippen molar-refractivity contribution in [3.8, 4) is 0 Å². The summed E-state index contributed by atoms with van der Waals surface area (Å²) in [5.74, 6) is -2.47. The Balaban J connectivity index is 1.50. The van der Waals surface area contributed by atoms with Crippen molar-refractivity contribution in [1.82, 2.24) is 9.47 Å². The van der Waals surface area contributed by atoms with Gasteiger partial charge in [-0.05, 0) is 13.0 Å². The molecule has 1 saturated heterocycles. The molecular formula is C21H24F2N4O3S. The van der Waals surface area contributed by atoms with E-state index in [1.807, 2.05) is 4.90 Å². The van der Waals surface area contributed by atoms with Crippen LogP contribution in [0.25, 0.3) is 0 Å². The number of nitrogens with zero attached hydrogens (tertiary/aromatic N) is 3. The van der Waals surface area contributed by atoms with Crippen molar-refractivity contribution < 1.29 is 23.1 Å². The molecular weight excluding hydrogens is 426 g/mol. The number of alkyl halides is 2. The number of carbonyl (C=O) groups excluding carboxylic acids is 2. The minimum atomic E-state index is -2.69. The molecule has 0 saturated carbocycles. The zero-order chi connectivity index (χ0) is 22.3. The van der Waals surface area contributed by atoms with Crippen LogP contribution < -0.4 is 10.4 Å². The summed E-state index contributed by atoms with van der Waals surface area (Å²) in [5, 5.41) is 8.61. The average Bonchev–Trinajstić information content (AvgIpc) is 3.17. The standard InChI is InChI=1S/C21H24F2N4O3S/c1-13(2)18(28)27-6-3-14(11-17(27)24)26-9-10-30-15-12-16(31-20(15)26)19(29)25-7-4-21(22,23)5-8-25/h3,6,11,16,24H,1,4-5,7-10,12H2,2H3. The second-order valence-corrected chi connectivity index (χ2v) is 9.14. The van der Waals surface area contributed by atoms with Gasteiger partial charge in [0.25, 0.3) is 11.8 Å². The number of allylic oxidation sites excluding steroid dienone is 2. The number of pyridine rings is 1. The quantitative estimate of drug-likeness (QED) is 0.717. The first-order valence-electron chi connectivity index (χ1n) is 10.1. The molecule has 1 unspecified atom stereocenters. The van der Waals surface area contributed by atoms with Crippen molar-refractivity contribution in [2.45, 2.75) is 37.4 Å². The smallest absolute Gasteiger partial charge is 0.258 e. The van der Waals surface area contributed by atoms with Crippen LogP contribution in [0.2, 0.25) is 0 Å². The Labute approximate surface area is 182 Å². The third-order valence-corrected chi connectivity index (χ3v) is 6.94. The van der Waals surface area contributed by atoms with Crippen molar-refractivity contribution in [1.29, 1.82) is 5.41 Å². The molecule has 31 heavy (non-hydrogen) atoms. The fraction of sp³-hybridized carbons (Fsp3) is 0.476. The first kappa shape index (κ1) is 21.6. The Morgan fingerprint density at radius 3 is 2.65 bits per heavy atom. The highest BCUT2D eigenvalue weighted by atomic mass is 32.2. The van der Waals surface area contributed by atoms with Crippen LogP contribution in [-0.4, -0.2) is 58.7 Å². The maximum atomic E-state index is 13.4. The van der Waals surface area contributed by atoms with Crippen molar-refractivity contribution in [3.63, 3.8) is 0 Å². The molecule has 4 rings (SSSR count). The number of carbonyl (C=O) groups is 2. The van der Waals surface area contributed by atoms with Crippen LogP contribution >= 0.6 is 11.8 Å². The predicted molar refractivity (Wildman–Crippen MR) is 113 cm³/mol. The average molecular weight is 451 g/mol. The summed E-state index contributed by atoms with van der Waals surface area (Å²) < 4.78 is 33.9. The van der Waals surface area contributed by atoms with Gasteiger partial charge in [-0.1, -0.05) is 18.3 Å². The minimum absolute atomic E-state index is 0.0315. The molecule has 1 amide bonds. The SMILES string of the molecule is C=C(C)C(=O)n1ccc(N2CCOC3=C2SC(C(=O)N2CCC(F)(F)CC2)C3)cc1=N. The van der Waals surface area contributed by atoms with Crippen LogP contribution in [0.4, 0.5) is 14.5 Å². The van der Waals surface area contributed by atoms with Gasteiger partial charge >= 0.3 is 0 Å². The van der Waals surface area contributed by atoms with E-state index in [2.05, 4.69) is 6.58 Å². The van der Waals surface area contributed by atoms with Crippen molar-refractivity contribution in [2.24, 2.45) is 0 Å². The third-order valence-electron chi connectivity index (χ3n) is 5.62. The molecule has 1 atom stereocenters. The lowest BCUT2D eigenvalue weighted by atomic mass is 10.1. The topological polar surface area (TPSA) is 78.6 Å². The number of thioether (sulfide) groups is 1. The Morgan fingerprint density at radius 2 is 2.00 bits per heavy atom. The van der Waals surface area contributed by atoms with Crippen LogP contribution in [0.3, 0.4) is 0 Å². The summed E-state index contributed by atoms with van der Waals surface area (Å²) in [5.41, 5.74) is 1.10. The van der Waals surface area contributed by atoms with Crippen LogP contribution in [0, 0.1) is 5.41 Å². The van der Waals surface area contributed by atoms with E-state index in [0.717, 1.165) is 10.7 Å². The van der Waals surface area contributed by atoms with Crippen molar-refractivity contribution in [3.05, 3.63) is 46.8 Å². The van der Waals surface area contributed by atoms with Gasteiger partial charge in [-0.3, -0.25) is 19.6 Å². The number of nitrogens with one attached hydrogen (secondary N) is 1. The van der Waals surface area contributed by atoms with E-state index in [0.29, 0.717) is 30.9 Å². The number of likely N-dealkylation sites (tertiary alicyclic amines) is 1. The molecule has 7 nitrogen and oxygen atoms in total. The van der Waals surface area contributed by atoms with E-state index < -0.39 is 11.2 Å². The van der Waals surface area contributed by atoms with E-state index in [-0.39, 0.29) is 43.2 Å². The molecule has 0 radical (unpaired) electrons.